The van der Waals surface area contributed by atoms with Gasteiger partial charge in [-0.15, -0.1) is 0 Å². The summed E-state index contributed by atoms with van der Waals surface area (Å²) in [5.41, 5.74) is 0. The minimum absolute atomic E-state index is 0.00579. The second kappa shape index (κ2) is 4.65. The first-order valence-electron chi connectivity index (χ1n) is 3.09. The maximum atomic E-state index is 12.2. The Labute approximate surface area is 53.1 Å². The van der Waals surface area contributed by atoms with Crippen LogP contribution in [-0.2, 0) is 0 Å². The third kappa shape index (κ3) is 5.66. The lowest BCUT2D eigenvalue weighted by atomic mass is 10.2. The first-order valence-corrected chi connectivity index (χ1v) is 3.09. The minimum Gasteiger partial charge on any atom is -0.248 e. The van der Waals surface area contributed by atoms with Gasteiger partial charge in [-0.3, -0.25) is 0 Å². The molecule has 0 aromatic rings. The Morgan fingerprint density at radius 1 is 1.11 bits per heavy atom. The van der Waals surface area contributed by atoms with Crippen LogP contribution in [0.15, 0.2) is 0 Å². The maximum absolute atomic E-state index is 12.2. The van der Waals surface area contributed by atoms with Crippen molar-refractivity contribution >= 4 is 0 Å². The lowest BCUT2D eigenvalue weighted by Gasteiger charge is -2.02. The molecule has 1 unspecified atom stereocenters. The van der Waals surface area contributed by atoms with Gasteiger partial charge in [0.2, 0.25) is 6.43 Å². The third-order valence-electron chi connectivity index (χ3n) is 1.14. The molecule has 0 nitrogen and oxygen atoms in total. The standard InChI is InChI=1S/C6H11F3/c1-2-5(7)3-4-6(8)9/h5-6H,2-4H2,1H3. The minimum atomic E-state index is -2.35. The van der Waals surface area contributed by atoms with Crippen molar-refractivity contribution in [1.29, 1.82) is 0 Å². The van der Waals surface area contributed by atoms with Gasteiger partial charge >= 0.3 is 0 Å². The highest BCUT2D eigenvalue weighted by Gasteiger charge is 2.07. The third-order valence-corrected chi connectivity index (χ3v) is 1.14. The van der Waals surface area contributed by atoms with Crippen molar-refractivity contribution in [2.45, 2.75) is 38.8 Å². The lowest BCUT2D eigenvalue weighted by molar-refractivity contribution is 0.121. The van der Waals surface area contributed by atoms with Gasteiger partial charge in [0.1, 0.15) is 6.17 Å². The van der Waals surface area contributed by atoms with E-state index in [1.807, 2.05) is 0 Å². The monoisotopic (exact) mass is 140 g/mol. The highest BCUT2D eigenvalue weighted by molar-refractivity contribution is 4.53. The lowest BCUT2D eigenvalue weighted by Crippen LogP contribution is -2.00. The van der Waals surface area contributed by atoms with Gasteiger partial charge in [-0.05, 0) is 12.8 Å². The molecule has 56 valence electrons. The molecule has 0 saturated heterocycles. The van der Waals surface area contributed by atoms with Crippen LogP contribution in [0, 0.1) is 0 Å². The highest BCUT2D eigenvalue weighted by Crippen LogP contribution is 2.10. The number of hydrogen-bond donors (Lipinski definition) is 0. The molecule has 0 aliphatic carbocycles. The molecule has 0 saturated carbocycles. The molecular weight excluding hydrogens is 129 g/mol. The van der Waals surface area contributed by atoms with Crippen LogP contribution in [0.2, 0.25) is 0 Å². The molecule has 0 aliphatic rings. The number of hydrogen-bond acceptors (Lipinski definition) is 0. The Kier molecular flexibility index (Phi) is 4.54. The van der Waals surface area contributed by atoms with Crippen LogP contribution in [0.4, 0.5) is 13.2 Å². The largest absolute Gasteiger partial charge is 0.248 e. The molecule has 0 aromatic heterocycles. The van der Waals surface area contributed by atoms with Crippen LogP contribution in [0.1, 0.15) is 26.2 Å². The van der Waals surface area contributed by atoms with Crippen molar-refractivity contribution in [3.63, 3.8) is 0 Å². The van der Waals surface area contributed by atoms with E-state index >= 15 is 0 Å². The summed E-state index contributed by atoms with van der Waals surface area (Å²) in [6.45, 7) is 1.65. The van der Waals surface area contributed by atoms with Crippen LogP contribution in [0.25, 0.3) is 0 Å². The average molecular weight is 140 g/mol. The van der Waals surface area contributed by atoms with Gasteiger partial charge in [0.05, 0.1) is 0 Å². The Hall–Kier alpha value is -0.210. The topological polar surface area (TPSA) is 0 Å². The van der Waals surface area contributed by atoms with Crippen LogP contribution < -0.4 is 0 Å². The van der Waals surface area contributed by atoms with Crippen LogP contribution >= 0.6 is 0 Å². The van der Waals surface area contributed by atoms with Crippen LogP contribution in [-0.4, -0.2) is 12.6 Å². The molecule has 3 heteroatoms. The quantitative estimate of drug-likeness (QED) is 0.563. The van der Waals surface area contributed by atoms with Gasteiger partial charge < -0.3 is 0 Å². The zero-order chi connectivity index (χ0) is 7.28. The Morgan fingerprint density at radius 3 is 2.00 bits per heavy atom. The molecule has 0 aliphatic heterocycles. The molecule has 0 spiro atoms. The van der Waals surface area contributed by atoms with Gasteiger partial charge in [-0.2, -0.15) is 0 Å². The number of halogens is 3. The van der Waals surface area contributed by atoms with Crippen molar-refractivity contribution in [2.24, 2.45) is 0 Å². The van der Waals surface area contributed by atoms with Crippen LogP contribution in [0.3, 0.4) is 0 Å². The molecule has 0 radical (unpaired) electrons. The fourth-order valence-electron chi connectivity index (χ4n) is 0.511. The van der Waals surface area contributed by atoms with E-state index in [1.165, 1.54) is 0 Å². The van der Waals surface area contributed by atoms with E-state index in [9.17, 15) is 13.2 Å². The molecule has 0 heterocycles. The zero-order valence-corrected chi connectivity index (χ0v) is 5.41. The van der Waals surface area contributed by atoms with Gasteiger partial charge in [-0.1, -0.05) is 6.92 Å². The van der Waals surface area contributed by atoms with Crippen molar-refractivity contribution in [1.82, 2.24) is 0 Å². The molecular formula is C6H11F3. The van der Waals surface area contributed by atoms with Crippen molar-refractivity contribution < 1.29 is 13.2 Å². The molecule has 0 aromatic carbocycles. The molecule has 1 atom stereocenters. The van der Waals surface area contributed by atoms with E-state index in [0.717, 1.165) is 0 Å². The van der Waals surface area contributed by atoms with E-state index < -0.39 is 12.6 Å². The summed E-state index contributed by atoms with van der Waals surface area (Å²) in [5.74, 6) is 0. The average Bonchev–Trinajstić information content (AvgIpc) is 1.83. The van der Waals surface area contributed by atoms with Crippen molar-refractivity contribution in [2.75, 3.05) is 0 Å². The van der Waals surface area contributed by atoms with Crippen molar-refractivity contribution in [3.05, 3.63) is 0 Å². The predicted molar refractivity (Wildman–Crippen MR) is 30.4 cm³/mol. The summed E-state index contributed by atoms with van der Waals surface area (Å²) in [6.07, 6.45) is -3.37. The van der Waals surface area contributed by atoms with E-state index in [2.05, 4.69) is 0 Å². The predicted octanol–water partition coefficient (Wildman–Crippen LogP) is 2.78. The second-order valence-corrected chi connectivity index (χ2v) is 1.97. The van der Waals surface area contributed by atoms with Crippen molar-refractivity contribution in [3.8, 4) is 0 Å². The second-order valence-electron chi connectivity index (χ2n) is 1.97. The highest BCUT2D eigenvalue weighted by atomic mass is 19.3. The Morgan fingerprint density at radius 2 is 1.67 bits per heavy atom. The molecule has 9 heavy (non-hydrogen) atoms. The Balaban J connectivity index is 3.06. The van der Waals surface area contributed by atoms with Crippen LogP contribution in [0.5, 0.6) is 0 Å². The summed E-state index contributed by atoms with van der Waals surface area (Å²) in [7, 11) is 0. The zero-order valence-electron chi connectivity index (χ0n) is 5.41. The summed E-state index contributed by atoms with van der Waals surface area (Å²) < 4.78 is 34.9. The van der Waals surface area contributed by atoms with Gasteiger partial charge in [-0.25, -0.2) is 13.2 Å². The summed E-state index contributed by atoms with van der Waals surface area (Å²) in [4.78, 5) is 0. The Bertz CT molecular complexity index is 63.3. The van der Waals surface area contributed by atoms with E-state index in [0.29, 0.717) is 6.42 Å². The molecule has 0 rings (SSSR count). The summed E-state index contributed by atoms with van der Waals surface area (Å²) in [5, 5.41) is 0. The normalized spacial score (nSPS) is 14.3. The summed E-state index contributed by atoms with van der Waals surface area (Å²) in [6, 6.07) is 0. The van der Waals surface area contributed by atoms with E-state index in [-0.39, 0.29) is 12.8 Å². The van der Waals surface area contributed by atoms with E-state index in [1.54, 1.807) is 6.92 Å². The van der Waals surface area contributed by atoms with Gasteiger partial charge in [0.15, 0.2) is 0 Å². The number of alkyl halides is 3. The summed E-state index contributed by atoms with van der Waals surface area (Å²) >= 11 is 0. The smallest absolute Gasteiger partial charge is 0.238 e. The molecule has 0 amide bonds. The molecule has 0 N–H and O–H groups in total. The van der Waals surface area contributed by atoms with E-state index in [4.69, 9.17) is 0 Å². The first-order chi connectivity index (χ1) is 4.16. The van der Waals surface area contributed by atoms with Gasteiger partial charge in [0.25, 0.3) is 0 Å². The fourth-order valence-corrected chi connectivity index (χ4v) is 0.511. The molecule has 0 bridgehead atoms. The first kappa shape index (κ1) is 8.79. The molecule has 0 fully saturated rings. The van der Waals surface area contributed by atoms with Gasteiger partial charge in [0, 0.05) is 6.42 Å². The maximum Gasteiger partial charge on any atom is 0.238 e. The number of rotatable bonds is 4. The fraction of sp³-hybridized carbons (Fsp3) is 1.00. The SMILES string of the molecule is CCC(F)CCC(F)F.